The largest absolute Gasteiger partial charge is 0.467 e. The first kappa shape index (κ1) is 20.5. The minimum Gasteiger partial charge on any atom is -0.467 e. The fourth-order valence-corrected chi connectivity index (χ4v) is 2.23. The maximum Gasteiger partial charge on any atom is 0.278 e. The molecule has 0 aliphatic carbocycles. The molecule has 28 heavy (non-hydrogen) atoms. The van der Waals surface area contributed by atoms with Crippen molar-refractivity contribution >= 4 is 17.8 Å². The van der Waals surface area contributed by atoms with Crippen LogP contribution in [0.15, 0.2) is 35.4 Å². The number of nitrogens with one attached hydrogen (secondary N) is 1. The van der Waals surface area contributed by atoms with E-state index < -0.39 is 17.4 Å². The molecule has 0 bridgehead atoms. The van der Waals surface area contributed by atoms with Gasteiger partial charge in [-0.1, -0.05) is 0 Å². The van der Waals surface area contributed by atoms with Gasteiger partial charge in [0.15, 0.2) is 6.61 Å². The lowest BCUT2D eigenvalue weighted by atomic mass is 10.1. The zero-order chi connectivity index (χ0) is 20.5. The van der Waals surface area contributed by atoms with Gasteiger partial charge in [-0.25, -0.2) is 10.4 Å². The number of non-ortho nitro benzene ring substituents is 1. The Morgan fingerprint density at radius 1 is 1.43 bits per heavy atom. The second-order valence-electron chi connectivity index (χ2n) is 5.58. The van der Waals surface area contributed by atoms with Crippen LogP contribution in [0.4, 0.5) is 5.69 Å². The third-order valence-corrected chi connectivity index (χ3v) is 3.45. The Hall–Kier alpha value is -3.84. The molecule has 0 spiro atoms. The number of nitro groups is 1. The van der Waals surface area contributed by atoms with Crippen LogP contribution >= 0.6 is 0 Å². The number of nitrogens with zero attached hydrogens (tertiary/aromatic N) is 4. The number of aromatic nitrogens is 1. The zero-order valence-electron chi connectivity index (χ0n) is 15.2. The minimum absolute atomic E-state index is 0.0404. The normalized spacial score (nSPS) is 10.5. The summed E-state index contributed by atoms with van der Waals surface area (Å²) in [5, 5.41) is 23.7. The number of pyridine rings is 1. The fraction of sp³-hybridized carbons (Fsp3) is 0.222. The number of hydrazone groups is 1. The van der Waals surface area contributed by atoms with E-state index in [1.165, 1.54) is 37.6 Å². The number of hydrogen-bond donors (Lipinski definition) is 1. The van der Waals surface area contributed by atoms with Gasteiger partial charge in [0.25, 0.3) is 11.6 Å². The predicted molar refractivity (Wildman–Crippen MR) is 98.7 cm³/mol. The number of ether oxygens (including phenoxy) is 2. The molecule has 0 unspecified atom stereocenters. The summed E-state index contributed by atoms with van der Waals surface area (Å²) in [6, 6.07) is 9.37. The van der Waals surface area contributed by atoms with Crippen molar-refractivity contribution in [3.05, 3.63) is 62.8 Å². The number of amides is 1. The van der Waals surface area contributed by atoms with Gasteiger partial charge in [-0.2, -0.15) is 10.4 Å². The zero-order valence-corrected chi connectivity index (χ0v) is 15.2. The average Bonchev–Trinajstić information content (AvgIpc) is 2.67. The number of rotatable bonds is 8. The summed E-state index contributed by atoms with van der Waals surface area (Å²) in [4.78, 5) is 26.1. The Morgan fingerprint density at radius 2 is 2.14 bits per heavy atom. The van der Waals surface area contributed by atoms with Crippen molar-refractivity contribution < 1.29 is 19.2 Å². The number of nitro benzene ring substituents is 1. The van der Waals surface area contributed by atoms with E-state index in [2.05, 4.69) is 15.5 Å². The van der Waals surface area contributed by atoms with Crippen molar-refractivity contribution in [2.75, 3.05) is 13.7 Å². The van der Waals surface area contributed by atoms with Gasteiger partial charge in [0.1, 0.15) is 11.6 Å². The summed E-state index contributed by atoms with van der Waals surface area (Å²) in [5.41, 5.74) is 4.24. The molecule has 1 heterocycles. The van der Waals surface area contributed by atoms with E-state index >= 15 is 0 Å². The maximum absolute atomic E-state index is 11.9. The van der Waals surface area contributed by atoms with Gasteiger partial charge in [-0.3, -0.25) is 14.9 Å². The highest BCUT2D eigenvalue weighted by Crippen LogP contribution is 2.21. The lowest BCUT2D eigenvalue weighted by Crippen LogP contribution is -2.25. The number of hydrogen-bond acceptors (Lipinski definition) is 8. The smallest absolute Gasteiger partial charge is 0.278 e. The number of carbonyl (C=O) groups excluding carboxylic acids is 1. The Kier molecular flexibility index (Phi) is 7.13. The molecule has 1 amide bonds. The number of benzene rings is 1. The molecule has 10 heteroatoms. The number of methoxy groups -OCH3 is 1. The second kappa shape index (κ2) is 9.75. The van der Waals surface area contributed by atoms with Crippen molar-refractivity contribution in [3.8, 4) is 11.9 Å². The molecule has 0 atom stereocenters. The van der Waals surface area contributed by atoms with Crippen LogP contribution in [-0.2, 0) is 16.1 Å². The third-order valence-electron chi connectivity index (χ3n) is 3.45. The molecule has 1 aromatic heterocycles. The molecule has 0 fully saturated rings. The highest BCUT2D eigenvalue weighted by molar-refractivity contribution is 5.83. The predicted octanol–water partition coefficient (Wildman–Crippen LogP) is 1.85. The lowest BCUT2D eigenvalue weighted by molar-refractivity contribution is -0.384. The molecule has 1 aromatic carbocycles. The van der Waals surface area contributed by atoms with Gasteiger partial charge in [-0.05, 0) is 30.7 Å². The summed E-state index contributed by atoms with van der Waals surface area (Å²) in [5.74, 6) is -0.511. The Balaban J connectivity index is 1.95. The maximum atomic E-state index is 11.9. The summed E-state index contributed by atoms with van der Waals surface area (Å²) in [6.07, 6.45) is 1.34. The molecule has 144 valence electrons. The van der Waals surface area contributed by atoms with Gasteiger partial charge < -0.3 is 9.47 Å². The molecule has 2 rings (SSSR count). The highest BCUT2D eigenvalue weighted by Gasteiger charge is 2.14. The van der Waals surface area contributed by atoms with E-state index in [4.69, 9.17) is 9.47 Å². The van der Waals surface area contributed by atoms with Crippen molar-refractivity contribution in [1.82, 2.24) is 10.4 Å². The van der Waals surface area contributed by atoms with Crippen molar-refractivity contribution in [2.45, 2.75) is 13.5 Å². The molecule has 1 N–H and O–H groups in total. The van der Waals surface area contributed by atoms with Crippen LogP contribution in [-0.4, -0.2) is 35.7 Å². The molecule has 0 saturated carbocycles. The lowest BCUT2D eigenvalue weighted by Gasteiger charge is -2.10. The van der Waals surface area contributed by atoms with Crippen LogP contribution in [0.2, 0.25) is 0 Å². The van der Waals surface area contributed by atoms with Gasteiger partial charge in [0.2, 0.25) is 5.88 Å². The number of carbonyl (C=O) groups is 1. The second-order valence-corrected chi connectivity index (χ2v) is 5.58. The SMILES string of the molecule is COCc1cc(C)nc(OCC(=O)N/N=C\c2ccc([N+](=O)[O-])cc2)c1C#N. The van der Waals surface area contributed by atoms with E-state index in [0.717, 1.165) is 0 Å². The fourth-order valence-electron chi connectivity index (χ4n) is 2.23. The summed E-state index contributed by atoms with van der Waals surface area (Å²) < 4.78 is 10.4. The Bertz CT molecular complexity index is 935. The minimum atomic E-state index is -0.557. The van der Waals surface area contributed by atoms with Gasteiger partial charge in [0, 0.05) is 30.5 Å². The van der Waals surface area contributed by atoms with Crippen molar-refractivity contribution in [2.24, 2.45) is 5.10 Å². The first-order valence-corrected chi connectivity index (χ1v) is 8.03. The topological polar surface area (TPSA) is 140 Å². The first-order chi connectivity index (χ1) is 13.4. The van der Waals surface area contributed by atoms with E-state index in [9.17, 15) is 20.2 Å². The van der Waals surface area contributed by atoms with Gasteiger partial charge >= 0.3 is 0 Å². The summed E-state index contributed by atoms with van der Waals surface area (Å²) in [6.45, 7) is 1.56. The molecule has 2 aromatic rings. The van der Waals surface area contributed by atoms with Gasteiger partial charge in [-0.15, -0.1) is 0 Å². The molecular formula is C18H17N5O5. The van der Waals surface area contributed by atoms with Crippen LogP contribution in [0.5, 0.6) is 5.88 Å². The van der Waals surface area contributed by atoms with E-state index in [1.807, 2.05) is 6.07 Å². The molecule has 0 aliphatic rings. The summed E-state index contributed by atoms with van der Waals surface area (Å²) >= 11 is 0. The monoisotopic (exact) mass is 383 g/mol. The van der Waals surface area contributed by atoms with Crippen molar-refractivity contribution in [1.29, 1.82) is 5.26 Å². The standard InChI is InChI=1S/C18H17N5O5/c1-12-7-14(10-27-2)16(8-19)18(21-12)28-11-17(24)22-20-9-13-3-5-15(6-4-13)23(25)26/h3-7,9H,10-11H2,1-2H3,(H,22,24)/b20-9-. The van der Waals surface area contributed by atoms with E-state index in [1.54, 1.807) is 13.0 Å². The van der Waals surface area contributed by atoms with Crippen LogP contribution < -0.4 is 10.2 Å². The molecule has 10 nitrogen and oxygen atoms in total. The van der Waals surface area contributed by atoms with E-state index in [-0.39, 0.29) is 23.7 Å². The summed E-state index contributed by atoms with van der Waals surface area (Å²) in [7, 11) is 1.51. The number of nitriles is 1. The van der Waals surface area contributed by atoms with Crippen molar-refractivity contribution in [3.63, 3.8) is 0 Å². The van der Waals surface area contributed by atoms with E-state index in [0.29, 0.717) is 16.8 Å². The first-order valence-electron chi connectivity index (χ1n) is 8.03. The Morgan fingerprint density at radius 3 is 2.75 bits per heavy atom. The molecule has 0 saturated heterocycles. The molecular weight excluding hydrogens is 366 g/mol. The molecule has 0 radical (unpaired) electrons. The van der Waals surface area contributed by atoms with Crippen LogP contribution in [0, 0.1) is 28.4 Å². The third kappa shape index (κ3) is 5.58. The quantitative estimate of drug-likeness (QED) is 0.417. The van der Waals surface area contributed by atoms with Crippen LogP contribution in [0.3, 0.4) is 0 Å². The number of aryl methyl sites for hydroxylation is 1. The van der Waals surface area contributed by atoms with Gasteiger partial charge in [0.05, 0.1) is 17.7 Å². The molecule has 0 aliphatic heterocycles. The van der Waals surface area contributed by atoms with Crippen LogP contribution in [0.1, 0.15) is 22.4 Å². The average molecular weight is 383 g/mol. The Labute approximate surface area is 160 Å². The van der Waals surface area contributed by atoms with Crippen LogP contribution in [0.25, 0.3) is 0 Å². The highest BCUT2D eigenvalue weighted by atomic mass is 16.6.